The molecule has 2 aromatic rings. The maximum absolute atomic E-state index is 12.6. The topological polar surface area (TPSA) is 118 Å². The van der Waals surface area contributed by atoms with Gasteiger partial charge in [0.25, 0.3) is 0 Å². The van der Waals surface area contributed by atoms with Crippen LogP contribution in [0.3, 0.4) is 0 Å². The average Bonchev–Trinajstić information content (AvgIpc) is 3.42. The van der Waals surface area contributed by atoms with Crippen LogP contribution in [0.5, 0.6) is 0 Å². The van der Waals surface area contributed by atoms with Crippen molar-refractivity contribution in [1.29, 1.82) is 0 Å². The molecule has 2 aromatic heterocycles. The van der Waals surface area contributed by atoms with Crippen LogP contribution in [-0.2, 0) is 20.9 Å². The van der Waals surface area contributed by atoms with Crippen LogP contribution in [0.4, 0.5) is 19.1 Å². The smallest absolute Gasteiger partial charge is 0.475 e. The molecule has 4 heterocycles. The van der Waals surface area contributed by atoms with Gasteiger partial charge in [0, 0.05) is 31.4 Å². The number of carbonyl (C=O) groups excluding carboxylic acids is 1. The minimum atomic E-state index is -5.08. The number of furan rings is 1. The number of hydrogen-bond acceptors (Lipinski definition) is 7. The third-order valence-corrected chi connectivity index (χ3v) is 5.07. The highest BCUT2D eigenvalue weighted by Gasteiger charge is 2.44. The number of aliphatic carboxylic acids is 1. The molecule has 0 aliphatic carbocycles. The molecule has 0 bridgehead atoms. The summed E-state index contributed by atoms with van der Waals surface area (Å²) in [6, 6.07) is 5.47. The first kappa shape index (κ1) is 22.5. The molecule has 0 unspecified atom stereocenters. The van der Waals surface area contributed by atoms with Gasteiger partial charge in [-0.15, -0.1) is 0 Å². The molecule has 4 rings (SSSR count). The van der Waals surface area contributed by atoms with Crippen molar-refractivity contribution >= 4 is 17.8 Å². The van der Waals surface area contributed by atoms with E-state index >= 15 is 0 Å². The first-order valence-corrected chi connectivity index (χ1v) is 9.45. The summed E-state index contributed by atoms with van der Waals surface area (Å²) >= 11 is 0. The van der Waals surface area contributed by atoms with Gasteiger partial charge in [0.1, 0.15) is 5.76 Å². The molecule has 3 atom stereocenters. The van der Waals surface area contributed by atoms with Crippen LogP contribution in [0.2, 0.25) is 0 Å². The number of carbonyl (C=O) groups is 2. The molecule has 2 N–H and O–H groups in total. The molecule has 0 radical (unpaired) electrons. The number of fused-ring (bicyclic) bond motifs is 1. The van der Waals surface area contributed by atoms with E-state index in [-0.39, 0.29) is 17.7 Å². The van der Waals surface area contributed by atoms with Gasteiger partial charge >= 0.3 is 12.1 Å². The highest BCUT2D eigenvalue weighted by molar-refractivity contribution is 5.79. The Balaban J connectivity index is 0.000000339. The Labute approximate surface area is 175 Å². The quantitative estimate of drug-likeness (QED) is 0.735. The van der Waals surface area contributed by atoms with Gasteiger partial charge in [-0.3, -0.25) is 4.79 Å². The first-order chi connectivity index (χ1) is 14.8. The lowest BCUT2D eigenvalue weighted by Crippen LogP contribution is -2.44. The molecule has 1 amide bonds. The van der Waals surface area contributed by atoms with Crippen LogP contribution in [0.25, 0.3) is 0 Å². The van der Waals surface area contributed by atoms with Crippen molar-refractivity contribution in [3.05, 3.63) is 42.6 Å². The number of amides is 1. The third-order valence-electron chi connectivity index (χ3n) is 5.07. The number of anilines is 1. The van der Waals surface area contributed by atoms with E-state index < -0.39 is 12.1 Å². The summed E-state index contributed by atoms with van der Waals surface area (Å²) in [5.41, 5.74) is 0. The number of hydrogen-bond donors (Lipinski definition) is 2. The Bertz CT molecular complexity index is 863. The number of carboxylic acid groups (broad SMARTS) is 1. The van der Waals surface area contributed by atoms with Gasteiger partial charge in [-0.25, -0.2) is 14.8 Å². The largest absolute Gasteiger partial charge is 0.490 e. The predicted octanol–water partition coefficient (Wildman–Crippen LogP) is 1.72. The fraction of sp³-hybridized carbons (Fsp3) is 0.474. The summed E-state index contributed by atoms with van der Waals surface area (Å²) in [5, 5.41) is 10.1. The molecule has 0 spiro atoms. The number of ether oxygens (including phenoxy) is 1. The standard InChI is InChI=1S/C17H20N4O3.C2HF3O2/c22-16(20-7-13-3-1-6-24-13)15-11-23-10-12-8-21(9-14(12)15)17-18-4-2-5-19-17;3-2(4,5)1(6)7/h1-6,12,14-15H,7-11H2,(H,20,22);(H,6,7)/t12-,14-,15+;/m1./s1. The molecule has 0 saturated carbocycles. The van der Waals surface area contributed by atoms with E-state index in [9.17, 15) is 18.0 Å². The molecule has 12 heteroatoms. The highest BCUT2D eigenvalue weighted by atomic mass is 19.4. The summed E-state index contributed by atoms with van der Waals surface area (Å²) in [6.07, 6.45) is 0.0126. The van der Waals surface area contributed by atoms with E-state index in [2.05, 4.69) is 20.2 Å². The Morgan fingerprint density at radius 3 is 2.52 bits per heavy atom. The van der Waals surface area contributed by atoms with Crippen molar-refractivity contribution in [1.82, 2.24) is 15.3 Å². The minimum absolute atomic E-state index is 0.0249. The molecule has 0 aromatic carbocycles. The second kappa shape index (κ2) is 9.77. The molecule has 2 saturated heterocycles. The molecule has 31 heavy (non-hydrogen) atoms. The van der Waals surface area contributed by atoms with Gasteiger partial charge < -0.3 is 24.5 Å². The zero-order valence-corrected chi connectivity index (χ0v) is 16.3. The van der Waals surface area contributed by atoms with Gasteiger partial charge in [-0.2, -0.15) is 13.2 Å². The molecular weight excluding hydrogens is 421 g/mol. The van der Waals surface area contributed by atoms with Crippen LogP contribution in [0, 0.1) is 17.8 Å². The number of halogens is 3. The van der Waals surface area contributed by atoms with Crippen LogP contribution in [0.15, 0.2) is 41.3 Å². The first-order valence-electron chi connectivity index (χ1n) is 9.45. The molecule has 2 aliphatic rings. The molecular formula is C19H21F3N4O5. The average molecular weight is 442 g/mol. The van der Waals surface area contributed by atoms with E-state index in [1.54, 1.807) is 24.7 Å². The SMILES string of the molecule is O=C(NCc1ccco1)[C@H]1COC[C@H]2CN(c3ncccn3)C[C@H]21.O=C(O)C(F)(F)F. The van der Waals surface area contributed by atoms with Gasteiger partial charge in [0.2, 0.25) is 11.9 Å². The van der Waals surface area contributed by atoms with Crippen molar-refractivity contribution in [3.8, 4) is 0 Å². The molecule has 168 valence electrons. The lowest BCUT2D eigenvalue weighted by atomic mass is 9.82. The molecule has 9 nitrogen and oxygen atoms in total. The van der Waals surface area contributed by atoms with Crippen molar-refractivity contribution in [2.45, 2.75) is 12.7 Å². The van der Waals surface area contributed by atoms with Gasteiger partial charge in [-0.1, -0.05) is 0 Å². The monoisotopic (exact) mass is 442 g/mol. The zero-order chi connectivity index (χ0) is 22.4. The van der Waals surface area contributed by atoms with Crippen LogP contribution < -0.4 is 10.2 Å². The van der Waals surface area contributed by atoms with E-state index in [0.717, 1.165) is 24.8 Å². The van der Waals surface area contributed by atoms with Gasteiger partial charge in [0.05, 0.1) is 31.9 Å². The summed E-state index contributed by atoms with van der Waals surface area (Å²) < 4.78 is 42.7. The summed E-state index contributed by atoms with van der Waals surface area (Å²) in [4.78, 5) is 32.3. The molecule has 2 aliphatic heterocycles. The van der Waals surface area contributed by atoms with E-state index in [1.807, 2.05) is 12.1 Å². The Morgan fingerprint density at radius 1 is 1.19 bits per heavy atom. The maximum atomic E-state index is 12.6. The zero-order valence-electron chi connectivity index (χ0n) is 16.3. The highest BCUT2D eigenvalue weighted by Crippen LogP contribution is 2.35. The van der Waals surface area contributed by atoms with E-state index in [1.165, 1.54) is 0 Å². The van der Waals surface area contributed by atoms with Crippen LogP contribution >= 0.6 is 0 Å². The van der Waals surface area contributed by atoms with Crippen molar-refractivity contribution in [2.24, 2.45) is 17.8 Å². The number of aromatic nitrogens is 2. The van der Waals surface area contributed by atoms with Crippen molar-refractivity contribution < 1.29 is 37.0 Å². The Hall–Kier alpha value is -3.15. The lowest BCUT2D eigenvalue weighted by Gasteiger charge is -2.31. The van der Waals surface area contributed by atoms with Gasteiger partial charge in [0.15, 0.2) is 0 Å². The van der Waals surface area contributed by atoms with Crippen molar-refractivity contribution in [2.75, 3.05) is 31.2 Å². The number of nitrogens with zero attached hydrogens (tertiary/aromatic N) is 3. The fourth-order valence-electron chi connectivity index (χ4n) is 3.61. The maximum Gasteiger partial charge on any atom is 0.490 e. The fourth-order valence-corrected chi connectivity index (χ4v) is 3.61. The number of carboxylic acids is 1. The second-order valence-corrected chi connectivity index (χ2v) is 7.12. The van der Waals surface area contributed by atoms with Gasteiger partial charge in [-0.05, 0) is 24.1 Å². The third kappa shape index (κ3) is 5.94. The number of alkyl halides is 3. The summed E-state index contributed by atoms with van der Waals surface area (Å²) in [7, 11) is 0. The Morgan fingerprint density at radius 2 is 1.90 bits per heavy atom. The Kier molecular flexibility index (Phi) is 7.10. The second-order valence-electron chi connectivity index (χ2n) is 7.12. The van der Waals surface area contributed by atoms with E-state index in [0.29, 0.717) is 25.7 Å². The number of rotatable bonds is 4. The number of nitrogens with one attached hydrogen (secondary N) is 1. The van der Waals surface area contributed by atoms with E-state index in [4.69, 9.17) is 19.1 Å². The van der Waals surface area contributed by atoms with Crippen LogP contribution in [0.1, 0.15) is 5.76 Å². The lowest BCUT2D eigenvalue weighted by molar-refractivity contribution is -0.192. The van der Waals surface area contributed by atoms with Crippen molar-refractivity contribution in [3.63, 3.8) is 0 Å². The predicted molar refractivity (Wildman–Crippen MR) is 99.8 cm³/mol. The summed E-state index contributed by atoms with van der Waals surface area (Å²) in [6.45, 7) is 3.18. The van der Waals surface area contributed by atoms with Crippen LogP contribution in [-0.4, -0.2) is 59.4 Å². The summed E-state index contributed by atoms with van der Waals surface area (Å²) in [5.74, 6) is -0.804. The normalized spacial score (nSPS) is 22.8. The molecule has 2 fully saturated rings. The minimum Gasteiger partial charge on any atom is -0.475 e.